The van der Waals surface area contributed by atoms with Crippen molar-refractivity contribution in [3.63, 3.8) is 0 Å². The largest absolute Gasteiger partial charge is 0.461 e. The zero-order valence-corrected chi connectivity index (χ0v) is 11.4. The van der Waals surface area contributed by atoms with E-state index in [0.29, 0.717) is 24.3 Å². The summed E-state index contributed by atoms with van der Waals surface area (Å²) < 4.78 is 5.72. The summed E-state index contributed by atoms with van der Waals surface area (Å²) in [7, 11) is 0. The number of hydrogen-bond acceptors (Lipinski definition) is 3. The number of benzene rings is 2. The lowest BCUT2D eigenvalue weighted by atomic mass is 10.1. The van der Waals surface area contributed by atoms with Crippen molar-refractivity contribution in [1.29, 1.82) is 0 Å². The molecule has 21 heavy (non-hydrogen) atoms. The van der Waals surface area contributed by atoms with Crippen molar-refractivity contribution >= 4 is 12.3 Å². The van der Waals surface area contributed by atoms with Crippen molar-refractivity contribution in [3.05, 3.63) is 78.1 Å². The minimum absolute atomic E-state index is 0.349. The van der Waals surface area contributed by atoms with Gasteiger partial charge >= 0.3 is 0 Å². The molecule has 0 radical (unpaired) electrons. The van der Waals surface area contributed by atoms with Crippen LogP contribution in [0, 0.1) is 0 Å². The Bertz CT molecular complexity index is 577. The van der Waals surface area contributed by atoms with E-state index >= 15 is 0 Å². The molecule has 106 valence electrons. The molecule has 2 aromatic rings. The van der Waals surface area contributed by atoms with Gasteiger partial charge in [0.25, 0.3) is 5.91 Å². The Morgan fingerprint density at radius 2 is 1.62 bits per heavy atom. The first-order valence-electron chi connectivity index (χ1n) is 6.49. The minimum atomic E-state index is -0.508. The lowest BCUT2D eigenvalue weighted by Gasteiger charge is -2.10. The van der Waals surface area contributed by atoms with E-state index in [-0.39, 0.29) is 0 Å². The fraction of sp³-hybridized carbons (Fsp3) is 0.0588. The molecule has 2 rings (SSSR count). The Labute approximate surface area is 123 Å². The Hall–Kier alpha value is -2.88. The molecular formula is C17H15NO3. The van der Waals surface area contributed by atoms with Crippen LogP contribution in [0.4, 0.5) is 0 Å². The molecular weight excluding hydrogens is 266 g/mol. The van der Waals surface area contributed by atoms with E-state index in [0.717, 1.165) is 5.56 Å². The number of ether oxygens (including phenoxy) is 1. The average molecular weight is 281 g/mol. The number of allylic oxidation sites excluding steroid dienone is 1. The van der Waals surface area contributed by atoms with Crippen molar-refractivity contribution in [2.45, 2.75) is 6.42 Å². The van der Waals surface area contributed by atoms with Gasteiger partial charge in [0.15, 0.2) is 0 Å². The van der Waals surface area contributed by atoms with Gasteiger partial charge in [-0.25, -0.2) is 0 Å². The van der Waals surface area contributed by atoms with Gasteiger partial charge in [0.05, 0.1) is 0 Å². The summed E-state index contributed by atoms with van der Waals surface area (Å²) in [6.07, 6.45) is 2.10. The molecule has 0 saturated heterocycles. The third-order valence-electron chi connectivity index (χ3n) is 2.71. The molecule has 1 N–H and O–H groups in total. The second kappa shape index (κ2) is 7.65. The minimum Gasteiger partial charge on any atom is -0.461 e. The zero-order chi connectivity index (χ0) is 14.9. The summed E-state index contributed by atoms with van der Waals surface area (Å²) in [5.41, 5.74) is 1.01. The van der Waals surface area contributed by atoms with Crippen molar-refractivity contribution < 1.29 is 14.3 Å². The van der Waals surface area contributed by atoms with Gasteiger partial charge in [0.1, 0.15) is 11.5 Å². The highest BCUT2D eigenvalue weighted by Crippen LogP contribution is 2.16. The standard InChI is InChI=1S/C17H15NO3/c19-13-18-17(20)12-16(11-14-7-3-1-4-8-14)21-15-9-5-2-6-10-15/h1-10,12-13H,11H2,(H,18,19,20)/b16-12+. The maximum atomic E-state index is 11.5. The summed E-state index contributed by atoms with van der Waals surface area (Å²) in [5, 5.41) is 2.07. The fourth-order valence-electron chi connectivity index (χ4n) is 1.80. The quantitative estimate of drug-likeness (QED) is 0.503. The predicted molar refractivity (Wildman–Crippen MR) is 79.5 cm³/mol. The topological polar surface area (TPSA) is 55.4 Å². The summed E-state index contributed by atoms with van der Waals surface area (Å²) in [4.78, 5) is 21.8. The van der Waals surface area contributed by atoms with Gasteiger partial charge in [-0.2, -0.15) is 0 Å². The van der Waals surface area contributed by atoms with E-state index in [1.165, 1.54) is 6.08 Å². The van der Waals surface area contributed by atoms with Crippen LogP contribution in [-0.2, 0) is 16.0 Å². The number of hydrogen-bond donors (Lipinski definition) is 1. The fourth-order valence-corrected chi connectivity index (χ4v) is 1.80. The molecule has 0 aliphatic heterocycles. The van der Waals surface area contributed by atoms with Crippen molar-refractivity contribution in [2.75, 3.05) is 0 Å². The van der Waals surface area contributed by atoms with Crippen molar-refractivity contribution in [1.82, 2.24) is 5.32 Å². The maximum Gasteiger partial charge on any atom is 0.253 e. The van der Waals surface area contributed by atoms with Crippen molar-refractivity contribution in [2.24, 2.45) is 0 Å². The van der Waals surface area contributed by atoms with Crippen molar-refractivity contribution in [3.8, 4) is 5.75 Å². The summed E-state index contributed by atoms with van der Waals surface area (Å²) in [6, 6.07) is 18.8. The van der Waals surface area contributed by atoms with E-state index in [2.05, 4.69) is 5.32 Å². The maximum absolute atomic E-state index is 11.5. The summed E-state index contributed by atoms with van der Waals surface area (Å²) >= 11 is 0. The van der Waals surface area contributed by atoms with Gasteiger partial charge in [-0.3, -0.25) is 14.9 Å². The monoisotopic (exact) mass is 281 g/mol. The number of amides is 2. The molecule has 0 aromatic heterocycles. The van der Waals surface area contributed by atoms with E-state index in [4.69, 9.17) is 4.74 Å². The molecule has 4 heteroatoms. The van der Waals surface area contributed by atoms with Crippen LogP contribution in [0.3, 0.4) is 0 Å². The SMILES string of the molecule is O=CNC(=O)/C=C(\Cc1ccccc1)Oc1ccccc1. The van der Waals surface area contributed by atoms with Gasteiger partial charge < -0.3 is 4.74 Å². The van der Waals surface area contributed by atoms with E-state index in [1.807, 2.05) is 48.5 Å². The number of imide groups is 1. The van der Waals surface area contributed by atoms with E-state index in [1.54, 1.807) is 12.1 Å². The molecule has 0 aliphatic rings. The van der Waals surface area contributed by atoms with Crippen LogP contribution in [0.2, 0.25) is 0 Å². The molecule has 2 aromatic carbocycles. The highest BCUT2D eigenvalue weighted by atomic mass is 16.5. The number of nitrogens with one attached hydrogen (secondary N) is 1. The van der Waals surface area contributed by atoms with Gasteiger partial charge in [0, 0.05) is 12.5 Å². The molecule has 0 bridgehead atoms. The normalized spacial score (nSPS) is 10.8. The molecule has 0 atom stereocenters. The summed E-state index contributed by atoms with van der Waals surface area (Å²) in [6.45, 7) is 0. The van der Waals surface area contributed by atoms with Gasteiger partial charge in [0.2, 0.25) is 6.41 Å². The Morgan fingerprint density at radius 1 is 1.00 bits per heavy atom. The lowest BCUT2D eigenvalue weighted by Crippen LogP contribution is -2.20. The first-order valence-corrected chi connectivity index (χ1v) is 6.49. The highest BCUT2D eigenvalue weighted by molar-refractivity contribution is 5.94. The smallest absolute Gasteiger partial charge is 0.253 e. The Balaban J connectivity index is 2.17. The van der Waals surface area contributed by atoms with Gasteiger partial charge in [-0.15, -0.1) is 0 Å². The Morgan fingerprint density at radius 3 is 2.24 bits per heavy atom. The molecule has 0 aliphatic carbocycles. The highest BCUT2D eigenvalue weighted by Gasteiger charge is 2.06. The molecule has 0 saturated carbocycles. The van der Waals surface area contributed by atoms with Crippen LogP contribution in [0.25, 0.3) is 0 Å². The van der Waals surface area contributed by atoms with E-state index in [9.17, 15) is 9.59 Å². The first kappa shape index (κ1) is 14.5. The third kappa shape index (κ3) is 4.95. The van der Waals surface area contributed by atoms with Gasteiger partial charge in [-0.05, 0) is 17.7 Å². The second-order valence-electron chi connectivity index (χ2n) is 4.31. The number of rotatable bonds is 6. The first-order chi connectivity index (χ1) is 10.3. The lowest BCUT2D eigenvalue weighted by molar-refractivity contribution is -0.121. The van der Waals surface area contributed by atoms with Crippen LogP contribution in [0.15, 0.2) is 72.5 Å². The molecule has 0 unspecified atom stereocenters. The van der Waals surface area contributed by atoms with Crippen LogP contribution in [0.5, 0.6) is 5.75 Å². The number of para-hydroxylation sites is 1. The van der Waals surface area contributed by atoms with Gasteiger partial charge in [-0.1, -0.05) is 48.5 Å². The Kier molecular flexibility index (Phi) is 5.29. The van der Waals surface area contributed by atoms with Crippen LogP contribution in [0.1, 0.15) is 5.56 Å². The molecule has 0 fully saturated rings. The molecule has 0 heterocycles. The van der Waals surface area contributed by atoms with Crippen LogP contribution >= 0.6 is 0 Å². The molecule has 0 spiro atoms. The molecule has 4 nitrogen and oxygen atoms in total. The number of carbonyl (C=O) groups is 2. The predicted octanol–water partition coefficient (Wildman–Crippen LogP) is 2.46. The second-order valence-corrected chi connectivity index (χ2v) is 4.31. The average Bonchev–Trinajstić information content (AvgIpc) is 2.49. The van der Waals surface area contributed by atoms with E-state index < -0.39 is 5.91 Å². The van der Waals surface area contributed by atoms with Crippen LogP contribution in [-0.4, -0.2) is 12.3 Å². The summed E-state index contributed by atoms with van der Waals surface area (Å²) in [5.74, 6) is 0.595. The third-order valence-corrected chi connectivity index (χ3v) is 2.71. The zero-order valence-electron chi connectivity index (χ0n) is 11.4. The number of carbonyl (C=O) groups excluding carboxylic acids is 2. The van der Waals surface area contributed by atoms with Crippen LogP contribution < -0.4 is 10.1 Å². The molecule has 2 amide bonds.